The molecule has 0 radical (unpaired) electrons. The highest BCUT2D eigenvalue weighted by Gasteiger charge is 2.28. The molecule has 7 heteroatoms. The Balaban J connectivity index is 3.24. The van der Waals surface area contributed by atoms with Crippen molar-refractivity contribution >= 4 is 31.9 Å². The van der Waals surface area contributed by atoms with Crippen molar-refractivity contribution in [1.29, 1.82) is 0 Å². The molecule has 0 aliphatic carbocycles. The van der Waals surface area contributed by atoms with Gasteiger partial charge in [0.25, 0.3) is 0 Å². The van der Waals surface area contributed by atoms with Crippen molar-refractivity contribution in [3.05, 3.63) is 28.2 Å². The van der Waals surface area contributed by atoms with E-state index in [9.17, 15) is 13.2 Å². The van der Waals surface area contributed by atoms with Gasteiger partial charge in [-0.05, 0) is 54.9 Å². The zero-order valence-corrected chi connectivity index (χ0v) is 15.0. The van der Waals surface area contributed by atoms with Gasteiger partial charge < -0.3 is 4.74 Å². The molecular formula is C14H20BrNO4S. The van der Waals surface area contributed by atoms with E-state index in [4.69, 9.17) is 4.74 Å². The summed E-state index contributed by atoms with van der Waals surface area (Å²) in [6.45, 7) is 7.80. The summed E-state index contributed by atoms with van der Waals surface area (Å²) < 4.78 is 31.9. The van der Waals surface area contributed by atoms with Gasteiger partial charge in [-0.3, -0.25) is 0 Å². The molecule has 21 heavy (non-hydrogen) atoms. The minimum absolute atomic E-state index is 0.142. The van der Waals surface area contributed by atoms with Crippen LogP contribution in [0.5, 0.6) is 0 Å². The van der Waals surface area contributed by atoms with Gasteiger partial charge >= 0.3 is 5.97 Å². The van der Waals surface area contributed by atoms with Crippen LogP contribution in [0.1, 0.15) is 38.1 Å². The molecule has 0 aliphatic heterocycles. The summed E-state index contributed by atoms with van der Waals surface area (Å²) in [4.78, 5) is 11.8. The molecule has 0 bridgehead atoms. The Morgan fingerprint density at radius 3 is 2.38 bits per heavy atom. The van der Waals surface area contributed by atoms with Crippen molar-refractivity contribution in [2.45, 2.75) is 38.6 Å². The topological polar surface area (TPSA) is 63.7 Å². The number of carbonyl (C=O) groups excluding carboxylic acids is 1. The van der Waals surface area contributed by atoms with E-state index >= 15 is 0 Å². The number of hydrogen-bond acceptors (Lipinski definition) is 4. The molecule has 1 aromatic carbocycles. The quantitative estimate of drug-likeness (QED) is 0.714. The van der Waals surface area contributed by atoms with Crippen LogP contribution in [0.15, 0.2) is 27.6 Å². The van der Waals surface area contributed by atoms with Crippen molar-refractivity contribution in [3.63, 3.8) is 0 Å². The van der Waals surface area contributed by atoms with Crippen molar-refractivity contribution < 1.29 is 17.9 Å². The Kier molecular flexibility index (Phi) is 6.37. The van der Waals surface area contributed by atoms with Crippen LogP contribution in [0.4, 0.5) is 0 Å². The van der Waals surface area contributed by atoms with Gasteiger partial charge in [0.2, 0.25) is 10.0 Å². The first-order valence-corrected chi connectivity index (χ1v) is 8.97. The third-order valence-electron chi connectivity index (χ3n) is 2.92. The largest absolute Gasteiger partial charge is 0.462 e. The molecule has 0 atom stereocenters. The SMILES string of the molecule is CCOC(=O)c1ccc(S(=O)(=O)N(CC)C(C)C)c(Br)c1. The van der Waals surface area contributed by atoms with E-state index in [-0.39, 0.29) is 17.5 Å². The normalized spacial score (nSPS) is 12.0. The summed E-state index contributed by atoms with van der Waals surface area (Å²) in [6, 6.07) is 4.22. The minimum Gasteiger partial charge on any atom is -0.462 e. The fourth-order valence-electron chi connectivity index (χ4n) is 1.99. The second-order valence-corrected chi connectivity index (χ2v) is 7.38. The lowest BCUT2D eigenvalue weighted by Gasteiger charge is -2.24. The van der Waals surface area contributed by atoms with E-state index in [0.29, 0.717) is 16.6 Å². The predicted octanol–water partition coefficient (Wildman–Crippen LogP) is 3.04. The third kappa shape index (κ3) is 4.05. The van der Waals surface area contributed by atoms with E-state index in [1.54, 1.807) is 13.8 Å². The van der Waals surface area contributed by atoms with Crippen LogP contribution in [0.25, 0.3) is 0 Å². The molecule has 1 rings (SSSR count). The summed E-state index contributed by atoms with van der Waals surface area (Å²) in [5.74, 6) is -0.474. The zero-order chi connectivity index (χ0) is 16.2. The lowest BCUT2D eigenvalue weighted by Crippen LogP contribution is -2.36. The van der Waals surface area contributed by atoms with E-state index in [1.807, 2.05) is 13.8 Å². The van der Waals surface area contributed by atoms with E-state index in [1.165, 1.54) is 22.5 Å². The molecule has 0 amide bonds. The monoisotopic (exact) mass is 377 g/mol. The first-order valence-electron chi connectivity index (χ1n) is 6.74. The first kappa shape index (κ1) is 18.1. The Bertz CT molecular complexity index is 613. The number of ether oxygens (including phenoxy) is 1. The van der Waals surface area contributed by atoms with Crippen LogP contribution < -0.4 is 0 Å². The number of halogens is 1. The van der Waals surface area contributed by atoms with Crippen molar-refractivity contribution in [2.75, 3.05) is 13.2 Å². The highest BCUT2D eigenvalue weighted by molar-refractivity contribution is 9.10. The standard InChI is InChI=1S/C14H20BrNO4S/c1-5-16(10(3)4)21(18,19)13-8-7-11(9-12(13)15)14(17)20-6-2/h7-10H,5-6H2,1-4H3. The maximum atomic E-state index is 12.6. The van der Waals surface area contributed by atoms with E-state index in [0.717, 1.165) is 0 Å². The Hall–Kier alpha value is -0.920. The van der Waals surface area contributed by atoms with Crippen LogP contribution in [-0.4, -0.2) is 37.9 Å². The number of benzene rings is 1. The Labute approximate surface area is 134 Å². The van der Waals surface area contributed by atoms with Gasteiger partial charge in [-0.2, -0.15) is 4.31 Å². The van der Waals surface area contributed by atoms with E-state index < -0.39 is 16.0 Å². The van der Waals surface area contributed by atoms with Gasteiger partial charge in [0, 0.05) is 17.1 Å². The maximum Gasteiger partial charge on any atom is 0.338 e. The van der Waals surface area contributed by atoms with Crippen molar-refractivity contribution in [2.24, 2.45) is 0 Å². The molecule has 0 saturated carbocycles. The van der Waals surface area contributed by atoms with Gasteiger partial charge in [-0.25, -0.2) is 13.2 Å². The molecule has 0 saturated heterocycles. The minimum atomic E-state index is -3.60. The molecule has 118 valence electrons. The molecular weight excluding hydrogens is 358 g/mol. The number of rotatable bonds is 6. The maximum absolute atomic E-state index is 12.6. The van der Waals surface area contributed by atoms with E-state index in [2.05, 4.69) is 15.9 Å². The second kappa shape index (κ2) is 7.38. The average Bonchev–Trinajstić information content (AvgIpc) is 2.38. The Morgan fingerprint density at radius 1 is 1.33 bits per heavy atom. The number of carbonyl (C=O) groups is 1. The van der Waals surface area contributed by atoms with Crippen LogP contribution >= 0.6 is 15.9 Å². The summed E-state index contributed by atoms with van der Waals surface area (Å²) in [5, 5.41) is 0. The number of nitrogens with zero attached hydrogens (tertiary/aromatic N) is 1. The number of sulfonamides is 1. The molecule has 0 unspecified atom stereocenters. The van der Waals surface area contributed by atoms with Crippen LogP contribution in [0, 0.1) is 0 Å². The first-order chi connectivity index (χ1) is 9.75. The fourth-order valence-corrected chi connectivity index (χ4v) is 4.68. The van der Waals surface area contributed by atoms with Gasteiger partial charge in [0.05, 0.1) is 17.1 Å². The molecule has 0 fully saturated rings. The van der Waals surface area contributed by atoms with Crippen molar-refractivity contribution in [3.8, 4) is 0 Å². The zero-order valence-electron chi connectivity index (χ0n) is 12.6. The summed E-state index contributed by atoms with van der Waals surface area (Å²) in [7, 11) is -3.60. The molecule has 5 nitrogen and oxygen atoms in total. The number of esters is 1. The second-order valence-electron chi connectivity index (χ2n) is 4.67. The highest BCUT2D eigenvalue weighted by Crippen LogP contribution is 2.27. The lowest BCUT2D eigenvalue weighted by molar-refractivity contribution is 0.0526. The van der Waals surface area contributed by atoms with Gasteiger partial charge in [0.15, 0.2) is 0 Å². The lowest BCUT2D eigenvalue weighted by atomic mass is 10.2. The molecule has 0 spiro atoms. The van der Waals surface area contributed by atoms with Gasteiger partial charge in [-0.15, -0.1) is 0 Å². The Morgan fingerprint density at radius 2 is 1.95 bits per heavy atom. The van der Waals surface area contributed by atoms with Crippen LogP contribution in [-0.2, 0) is 14.8 Å². The molecule has 1 aromatic rings. The van der Waals surface area contributed by atoms with Crippen LogP contribution in [0.3, 0.4) is 0 Å². The third-order valence-corrected chi connectivity index (χ3v) is 6.04. The predicted molar refractivity (Wildman–Crippen MR) is 84.8 cm³/mol. The van der Waals surface area contributed by atoms with Gasteiger partial charge in [0.1, 0.15) is 0 Å². The summed E-state index contributed by atoms with van der Waals surface area (Å²) in [6.07, 6.45) is 0. The molecule has 0 heterocycles. The molecule has 0 aliphatic rings. The number of hydrogen-bond donors (Lipinski definition) is 0. The smallest absolute Gasteiger partial charge is 0.338 e. The average molecular weight is 378 g/mol. The molecule has 0 aromatic heterocycles. The molecule has 0 N–H and O–H groups in total. The van der Waals surface area contributed by atoms with Gasteiger partial charge in [-0.1, -0.05) is 6.92 Å². The summed E-state index contributed by atoms with van der Waals surface area (Å²) >= 11 is 3.24. The van der Waals surface area contributed by atoms with Crippen LogP contribution in [0.2, 0.25) is 0 Å². The summed E-state index contributed by atoms with van der Waals surface area (Å²) in [5.41, 5.74) is 0.315. The highest BCUT2D eigenvalue weighted by atomic mass is 79.9. The fraction of sp³-hybridized carbons (Fsp3) is 0.500. The van der Waals surface area contributed by atoms with Crippen molar-refractivity contribution in [1.82, 2.24) is 4.31 Å².